The fraction of sp³-hybridized carbons (Fsp3) is 0.304. The number of halogens is 1. The number of methoxy groups -OCH3 is 1. The SMILES string of the molecule is COc1ccc(N2C(=O)C(c3ccc(Cl)cc3)=C(N3CC(C)OC(C)C3)C2=O)cc1. The van der Waals surface area contributed by atoms with Crippen LogP contribution in [0.4, 0.5) is 5.69 Å². The molecule has 30 heavy (non-hydrogen) atoms. The second-order valence-electron chi connectivity index (χ2n) is 7.54. The van der Waals surface area contributed by atoms with Gasteiger partial charge in [0.05, 0.1) is 30.6 Å². The molecule has 0 spiro atoms. The van der Waals surface area contributed by atoms with Gasteiger partial charge in [-0.05, 0) is 55.8 Å². The minimum atomic E-state index is -0.353. The van der Waals surface area contributed by atoms with Gasteiger partial charge >= 0.3 is 0 Å². The van der Waals surface area contributed by atoms with E-state index in [4.69, 9.17) is 21.1 Å². The fourth-order valence-corrected chi connectivity index (χ4v) is 4.14. The maximum absolute atomic E-state index is 13.5. The summed E-state index contributed by atoms with van der Waals surface area (Å²) in [5.41, 5.74) is 1.95. The van der Waals surface area contributed by atoms with Crippen LogP contribution in [0.25, 0.3) is 5.57 Å². The highest BCUT2D eigenvalue weighted by molar-refractivity contribution is 6.45. The first-order valence-corrected chi connectivity index (χ1v) is 10.2. The van der Waals surface area contributed by atoms with Crippen molar-refractivity contribution in [1.29, 1.82) is 0 Å². The number of morpholine rings is 1. The van der Waals surface area contributed by atoms with Gasteiger partial charge in [0.25, 0.3) is 11.8 Å². The van der Waals surface area contributed by atoms with Crippen molar-refractivity contribution in [2.24, 2.45) is 0 Å². The Morgan fingerprint density at radius 3 is 2.10 bits per heavy atom. The van der Waals surface area contributed by atoms with Crippen LogP contribution in [0, 0.1) is 0 Å². The molecule has 0 N–H and O–H groups in total. The van der Waals surface area contributed by atoms with Crippen molar-refractivity contribution in [2.45, 2.75) is 26.1 Å². The molecule has 0 radical (unpaired) electrons. The molecule has 2 aliphatic heterocycles. The second kappa shape index (κ2) is 8.13. The third-order valence-corrected chi connectivity index (χ3v) is 5.51. The number of nitrogens with zero attached hydrogens (tertiary/aromatic N) is 2. The number of carbonyl (C=O) groups is 2. The molecule has 7 heteroatoms. The summed E-state index contributed by atoms with van der Waals surface area (Å²) < 4.78 is 11.0. The van der Waals surface area contributed by atoms with Crippen LogP contribution >= 0.6 is 11.6 Å². The van der Waals surface area contributed by atoms with Crippen molar-refractivity contribution < 1.29 is 19.1 Å². The van der Waals surface area contributed by atoms with Gasteiger partial charge in [-0.15, -0.1) is 0 Å². The maximum atomic E-state index is 13.5. The quantitative estimate of drug-likeness (QED) is 0.697. The van der Waals surface area contributed by atoms with E-state index in [-0.39, 0.29) is 24.0 Å². The smallest absolute Gasteiger partial charge is 0.282 e. The van der Waals surface area contributed by atoms with Gasteiger partial charge in [-0.2, -0.15) is 0 Å². The summed E-state index contributed by atoms with van der Waals surface area (Å²) in [6.07, 6.45) is -0.101. The van der Waals surface area contributed by atoms with Crippen LogP contribution in [0.1, 0.15) is 19.4 Å². The second-order valence-corrected chi connectivity index (χ2v) is 7.97. The Labute approximate surface area is 180 Å². The van der Waals surface area contributed by atoms with Crippen LogP contribution in [0.3, 0.4) is 0 Å². The average molecular weight is 427 g/mol. The molecule has 2 amide bonds. The normalized spacial score (nSPS) is 22.1. The number of hydrogen-bond acceptors (Lipinski definition) is 5. The molecule has 2 atom stereocenters. The van der Waals surface area contributed by atoms with Crippen molar-refractivity contribution in [3.05, 3.63) is 64.8 Å². The fourth-order valence-electron chi connectivity index (χ4n) is 4.01. The number of anilines is 1. The van der Waals surface area contributed by atoms with E-state index in [1.54, 1.807) is 55.6 Å². The molecule has 156 valence electrons. The first kappa shape index (κ1) is 20.4. The number of amides is 2. The number of benzene rings is 2. The zero-order valence-corrected chi connectivity index (χ0v) is 17.8. The summed E-state index contributed by atoms with van der Waals surface area (Å²) in [7, 11) is 1.57. The summed E-state index contributed by atoms with van der Waals surface area (Å²) in [5, 5.41) is 0.568. The highest BCUT2D eigenvalue weighted by atomic mass is 35.5. The van der Waals surface area contributed by atoms with Gasteiger partial charge in [-0.25, -0.2) is 4.90 Å². The zero-order valence-electron chi connectivity index (χ0n) is 17.1. The van der Waals surface area contributed by atoms with Gasteiger partial charge in [0.15, 0.2) is 0 Å². The van der Waals surface area contributed by atoms with Gasteiger partial charge < -0.3 is 14.4 Å². The van der Waals surface area contributed by atoms with Crippen LogP contribution in [0.2, 0.25) is 5.02 Å². The highest BCUT2D eigenvalue weighted by Gasteiger charge is 2.43. The van der Waals surface area contributed by atoms with E-state index in [2.05, 4.69) is 0 Å². The minimum absolute atomic E-state index is 0.0503. The van der Waals surface area contributed by atoms with Crippen LogP contribution in [0.5, 0.6) is 5.75 Å². The average Bonchev–Trinajstić information content (AvgIpc) is 2.98. The van der Waals surface area contributed by atoms with Crippen LogP contribution in [0.15, 0.2) is 54.2 Å². The molecular formula is C23H23ClN2O4. The molecule has 6 nitrogen and oxygen atoms in total. The number of ether oxygens (including phenoxy) is 2. The van der Waals surface area contributed by atoms with Crippen molar-refractivity contribution in [1.82, 2.24) is 4.90 Å². The Bertz CT molecular complexity index is 991. The van der Waals surface area contributed by atoms with E-state index in [0.29, 0.717) is 46.4 Å². The topological polar surface area (TPSA) is 59.1 Å². The molecular weight excluding hydrogens is 404 g/mol. The standard InChI is InChI=1S/C23H23ClN2O4/c1-14-12-25(13-15(2)30-14)21-20(16-4-6-17(24)7-5-16)22(27)26(23(21)28)18-8-10-19(29-3)11-9-18/h4-11,14-15H,12-13H2,1-3H3. The summed E-state index contributed by atoms with van der Waals surface area (Å²) >= 11 is 6.04. The van der Waals surface area contributed by atoms with Gasteiger partial charge in [0.2, 0.25) is 0 Å². The lowest BCUT2D eigenvalue weighted by Crippen LogP contribution is -2.47. The monoisotopic (exact) mass is 426 g/mol. The maximum Gasteiger partial charge on any atom is 0.282 e. The predicted molar refractivity (Wildman–Crippen MR) is 115 cm³/mol. The third kappa shape index (κ3) is 3.68. The van der Waals surface area contributed by atoms with Crippen molar-refractivity contribution in [3.8, 4) is 5.75 Å². The third-order valence-electron chi connectivity index (χ3n) is 5.26. The highest BCUT2D eigenvalue weighted by Crippen LogP contribution is 2.36. The summed E-state index contributed by atoms with van der Waals surface area (Å²) in [6, 6.07) is 13.9. The van der Waals surface area contributed by atoms with Gasteiger partial charge in [-0.1, -0.05) is 23.7 Å². The lowest BCUT2D eigenvalue weighted by atomic mass is 10.0. The van der Waals surface area contributed by atoms with Gasteiger partial charge in [0, 0.05) is 18.1 Å². The number of rotatable bonds is 4. The molecule has 2 aliphatic rings. The minimum Gasteiger partial charge on any atom is -0.497 e. The van der Waals surface area contributed by atoms with E-state index < -0.39 is 0 Å². The zero-order chi connectivity index (χ0) is 21.4. The van der Waals surface area contributed by atoms with Crippen molar-refractivity contribution in [3.63, 3.8) is 0 Å². The van der Waals surface area contributed by atoms with Gasteiger partial charge in [0.1, 0.15) is 11.4 Å². The molecule has 0 saturated carbocycles. The molecule has 2 unspecified atom stereocenters. The Kier molecular flexibility index (Phi) is 5.54. The molecule has 0 aliphatic carbocycles. The Morgan fingerprint density at radius 1 is 0.933 bits per heavy atom. The van der Waals surface area contributed by atoms with Crippen LogP contribution < -0.4 is 9.64 Å². The van der Waals surface area contributed by atoms with E-state index in [0.717, 1.165) is 0 Å². The molecule has 2 aromatic carbocycles. The Morgan fingerprint density at radius 2 is 1.53 bits per heavy atom. The first-order chi connectivity index (χ1) is 14.4. The van der Waals surface area contributed by atoms with Crippen molar-refractivity contribution in [2.75, 3.05) is 25.1 Å². The summed E-state index contributed by atoms with van der Waals surface area (Å²) in [4.78, 5) is 30.2. The summed E-state index contributed by atoms with van der Waals surface area (Å²) in [6.45, 7) is 5.00. The number of carbonyl (C=O) groups excluding carboxylic acids is 2. The molecule has 2 heterocycles. The van der Waals surface area contributed by atoms with Crippen molar-refractivity contribution >= 4 is 34.7 Å². The molecule has 4 rings (SSSR count). The Hall–Kier alpha value is -2.83. The lowest BCUT2D eigenvalue weighted by Gasteiger charge is -2.37. The van der Waals surface area contributed by atoms with E-state index in [1.807, 2.05) is 18.7 Å². The Balaban J connectivity index is 1.80. The number of imide groups is 1. The number of hydrogen-bond donors (Lipinski definition) is 0. The van der Waals surface area contributed by atoms with E-state index >= 15 is 0 Å². The predicted octanol–water partition coefficient (Wildman–Crippen LogP) is 3.74. The van der Waals surface area contributed by atoms with Gasteiger partial charge in [-0.3, -0.25) is 9.59 Å². The van der Waals surface area contributed by atoms with Crippen LogP contribution in [-0.2, 0) is 14.3 Å². The molecule has 1 fully saturated rings. The first-order valence-electron chi connectivity index (χ1n) is 9.82. The molecule has 1 saturated heterocycles. The molecule has 2 aromatic rings. The van der Waals surface area contributed by atoms with E-state index in [1.165, 1.54) is 4.90 Å². The van der Waals surface area contributed by atoms with Crippen LogP contribution in [-0.4, -0.2) is 49.1 Å². The largest absolute Gasteiger partial charge is 0.497 e. The van der Waals surface area contributed by atoms with E-state index in [9.17, 15) is 9.59 Å². The lowest BCUT2D eigenvalue weighted by molar-refractivity contribution is -0.121. The summed E-state index contributed by atoms with van der Waals surface area (Å²) in [5.74, 6) is -0.0366. The molecule has 0 bridgehead atoms. The molecule has 0 aromatic heterocycles.